The number of H-pyrrole nitrogens is 1. The molecule has 1 N–H and O–H groups in total. The third-order valence-electron chi connectivity index (χ3n) is 5.90. The maximum Gasteiger partial charge on any atom is 0.256 e. The Morgan fingerprint density at radius 3 is 2.29 bits per heavy atom. The standard InChI is InChI=1S/C26H32Cl2N4O2/c1-18(2)32(26(34)25(27)28)17-24(33)31(16-19-9-11-21(12-10-19)30(3)4)14-13-20-15-29-23-8-6-5-7-22(20)23/h5-12,15,18,25,29H,13-14,16-17H2,1-4H3. The van der Waals surface area contributed by atoms with E-state index in [2.05, 4.69) is 11.1 Å². The normalized spacial score (nSPS) is 11.3. The van der Waals surface area contributed by atoms with E-state index in [4.69, 9.17) is 23.2 Å². The maximum absolute atomic E-state index is 13.4. The molecule has 0 saturated carbocycles. The van der Waals surface area contributed by atoms with E-state index < -0.39 is 10.7 Å². The number of anilines is 1. The second-order valence-corrected chi connectivity index (χ2v) is 9.94. The number of carbonyl (C=O) groups excluding carboxylic acids is 2. The smallest absolute Gasteiger partial charge is 0.256 e. The minimum Gasteiger partial charge on any atom is -0.378 e. The van der Waals surface area contributed by atoms with E-state index in [1.54, 1.807) is 4.90 Å². The molecular formula is C26H32Cl2N4O2. The van der Waals surface area contributed by atoms with E-state index in [1.807, 2.05) is 81.5 Å². The Morgan fingerprint density at radius 2 is 1.68 bits per heavy atom. The summed E-state index contributed by atoms with van der Waals surface area (Å²) in [6.07, 6.45) is 2.68. The number of amides is 2. The molecule has 0 radical (unpaired) electrons. The number of halogens is 2. The molecule has 0 aliphatic carbocycles. The van der Waals surface area contributed by atoms with E-state index in [-0.39, 0.29) is 18.5 Å². The first kappa shape index (κ1) is 25.9. The Kier molecular flexibility index (Phi) is 8.86. The summed E-state index contributed by atoms with van der Waals surface area (Å²) in [5.41, 5.74) is 4.33. The molecule has 34 heavy (non-hydrogen) atoms. The summed E-state index contributed by atoms with van der Waals surface area (Å²) in [6.45, 7) is 4.58. The third-order valence-corrected chi connectivity index (χ3v) is 6.28. The van der Waals surface area contributed by atoms with Crippen LogP contribution < -0.4 is 4.90 Å². The Balaban J connectivity index is 1.81. The van der Waals surface area contributed by atoms with Crippen molar-refractivity contribution in [2.45, 2.75) is 37.7 Å². The van der Waals surface area contributed by atoms with Gasteiger partial charge in [0, 0.05) is 56.0 Å². The number of aromatic nitrogens is 1. The molecule has 0 atom stereocenters. The van der Waals surface area contributed by atoms with Gasteiger partial charge in [-0.15, -0.1) is 0 Å². The van der Waals surface area contributed by atoms with Crippen LogP contribution in [0.15, 0.2) is 54.7 Å². The fourth-order valence-corrected chi connectivity index (χ4v) is 4.14. The number of alkyl halides is 2. The van der Waals surface area contributed by atoms with E-state index in [1.165, 1.54) is 4.90 Å². The van der Waals surface area contributed by atoms with Crippen molar-refractivity contribution < 1.29 is 9.59 Å². The Bertz CT molecular complexity index is 1110. The summed E-state index contributed by atoms with van der Waals surface area (Å²) in [5.74, 6) is -0.605. The SMILES string of the molecule is CC(C)N(CC(=O)N(CCc1c[nH]c2ccccc12)Cc1ccc(N(C)C)cc1)C(=O)C(Cl)Cl. The van der Waals surface area contributed by atoms with Crippen LogP contribution in [-0.4, -0.2) is 64.7 Å². The molecule has 0 aliphatic rings. The largest absolute Gasteiger partial charge is 0.378 e. The van der Waals surface area contributed by atoms with Crippen LogP contribution in [0.3, 0.4) is 0 Å². The predicted octanol–water partition coefficient (Wildman–Crippen LogP) is 4.85. The lowest BCUT2D eigenvalue weighted by molar-refractivity contribution is -0.141. The van der Waals surface area contributed by atoms with Gasteiger partial charge in [0.2, 0.25) is 5.91 Å². The number of carbonyl (C=O) groups is 2. The zero-order chi connectivity index (χ0) is 24.8. The van der Waals surface area contributed by atoms with Crippen LogP contribution in [0.25, 0.3) is 10.9 Å². The molecular weight excluding hydrogens is 471 g/mol. The third kappa shape index (κ3) is 6.45. The Hall–Kier alpha value is -2.70. The number of nitrogens with one attached hydrogen (secondary N) is 1. The molecule has 8 heteroatoms. The van der Waals surface area contributed by atoms with Crippen LogP contribution in [0.1, 0.15) is 25.0 Å². The van der Waals surface area contributed by atoms with Crippen LogP contribution in [0.4, 0.5) is 5.69 Å². The van der Waals surface area contributed by atoms with Gasteiger partial charge in [-0.1, -0.05) is 53.5 Å². The highest BCUT2D eigenvalue weighted by Crippen LogP contribution is 2.20. The number of fused-ring (bicyclic) bond motifs is 1. The lowest BCUT2D eigenvalue weighted by Crippen LogP contribution is -2.47. The van der Waals surface area contributed by atoms with Crippen molar-refractivity contribution in [3.05, 3.63) is 65.9 Å². The molecule has 0 aliphatic heterocycles. The highest BCUT2D eigenvalue weighted by Gasteiger charge is 2.27. The number of rotatable bonds is 10. The van der Waals surface area contributed by atoms with E-state index in [9.17, 15) is 9.59 Å². The quantitative estimate of drug-likeness (QED) is 0.403. The summed E-state index contributed by atoms with van der Waals surface area (Å²) in [5, 5.41) is 1.15. The monoisotopic (exact) mass is 502 g/mol. The summed E-state index contributed by atoms with van der Waals surface area (Å²) in [6, 6.07) is 16.0. The highest BCUT2D eigenvalue weighted by atomic mass is 35.5. The first-order valence-electron chi connectivity index (χ1n) is 11.3. The first-order valence-corrected chi connectivity index (χ1v) is 12.2. The van der Waals surface area contributed by atoms with Crippen molar-refractivity contribution in [1.29, 1.82) is 0 Å². The number of hydrogen-bond donors (Lipinski definition) is 1. The fraction of sp³-hybridized carbons (Fsp3) is 0.385. The predicted molar refractivity (Wildman–Crippen MR) is 141 cm³/mol. The van der Waals surface area contributed by atoms with E-state index in [0.29, 0.717) is 19.5 Å². The van der Waals surface area contributed by atoms with Crippen molar-refractivity contribution in [2.75, 3.05) is 32.1 Å². The molecule has 3 rings (SSSR count). The number of aromatic amines is 1. The minimum absolute atomic E-state index is 0.0733. The van der Waals surface area contributed by atoms with Gasteiger partial charge in [0.25, 0.3) is 5.91 Å². The molecule has 1 aromatic heterocycles. The molecule has 0 bridgehead atoms. The molecule has 0 fully saturated rings. The van der Waals surface area contributed by atoms with Crippen molar-refractivity contribution >= 4 is 51.6 Å². The van der Waals surface area contributed by atoms with E-state index >= 15 is 0 Å². The zero-order valence-corrected chi connectivity index (χ0v) is 21.6. The average Bonchev–Trinajstić information content (AvgIpc) is 3.22. The van der Waals surface area contributed by atoms with Gasteiger partial charge in [0.15, 0.2) is 4.84 Å². The maximum atomic E-state index is 13.4. The lowest BCUT2D eigenvalue weighted by Gasteiger charge is -2.30. The van der Waals surface area contributed by atoms with Gasteiger partial charge in [-0.2, -0.15) is 0 Å². The van der Waals surface area contributed by atoms with Crippen LogP contribution >= 0.6 is 23.2 Å². The van der Waals surface area contributed by atoms with Gasteiger partial charge >= 0.3 is 0 Å². The van der Waals surface area contributed by atoms with Gasteiger partial charge in [-0.05, 0) is 49.6 Å². The first-order chi connectivity index (χ1) is 16.2. The van der Waals surface area contributed by atoms with Gasteiger partial charge in [-0.25, -0.2) is 0 Å². The van der Waals surface area contributed by atoms with Crippen LogP contribution in [0.5, 0.6) is 0 Å². The average molecular weight is 503 g/mol. The molecule has 3 aromatic rings. The Morgan fingerprint density at radius 1 is 1.00 bits per heavy atom. The number of hydrogen-bond acceptors (Lipinski definition) is 3. The summed E-state index contributed by atoms with van der Waals surface area (Å²) >= 11 is 11.7. The van der Waals surface area contributed by atoms with Crippen LogP contribution in [0, 0.1) is 0 Å². The number of nitrogens with zero attached hydrogens (tertiary/aromatic N) is 3. The molecule has 0 saturated heterocycles. The topological polar surface area (TPSA) is 59.7 Å². The van der Waals surface area contributed by atoms with Crippen molar-refractivity contribution in [1.82, 2.24) is 14.8 Å². The summed E-state index contributed by atoms with van der Waals surface area (Å²) in [7, 11) is 3.98. The van der Waals surface area contributed by atoms with Gasteiger partial charge in [0.05, 0.1) is 0 Å². The van der Waals surface area contributed by atoms with E-state index in [0.717, 1.165) is 27.7 Å². The minimum atomic E-state index is -1.20. The zero-order valence-electron chi connectivity index (χ0n) is 20.1. The second-order valence-electron chi connectivity index (χ2n) is 8.85. The molecule has 2 aromatic carbocycles. The number of para-hydroxylation sites is 1. The molecule has 182 valence electrons. The van der Waals surface area contributed by atoms with Gasteiger partial charge in [0.1, 0.15) is 6.54 Å². The Labute approximate surface area is 211 Å². The molecule has 6 nitrogen and oxygen atoms in total. The second kappa shape index (κ2) is 11.6. The van der Waals surface area contributed by atoms with Crippen molar-refractivity contribution in [3.8, 4) is 0 Å². The van der Waals surface area contributed by atoms with Crippen molar-refractivity contribution in [2.24, 2.45) is 0 Å². The lowest BCUT2D eigenvalue weighted by atomic mass is 10.1. The summed E-state index contributed by atoms with van der Waals surface area (Å²) in [4.78, 5) is 33.2. The molecule has 0 unspecified atom stereocenters. The highest BCUT2D eigenvalue weighted by molar-refractivity contribution is 6.53. The molecule has 0 spiro atoms. The molecule has 1 heterocycles. The van der Waals surface area contributed by atoms with Crippen LogP contribution in [-0.2, 0) is 22.6 Å². The fourth-order valence-electron chi connectivity index (χ4n) is 3.89. The number of benzene rings is 2. The van der Waals surface area contributed by atoms with Crippen molar-refractivity contribution in [3.63, 3.8) is 0 Å². The van der Waals surface area contributed by atoms with Gasteiger partial charge in [-0.3, -0.25) is 9.59 Å². The van der Waals surface area contributed by atoms with Gasteiger partial charge < -0.3 is 19.7 Å². The molecule has 2 amide bonds. The van der Waals surface area contributed by atoms with Crippen LogP contribution in [0.2, 0.25) is 0 Å². The summed E-state index contributed by atoms with van der Waals surface area (Å²) < 4.78 is 0.